The zero-order valence-electron chi connectivity index (χ0n) is 14.6. The van der Waals surface area contributed by atoms with Crippen LogP contribution in [0.15, 0.2) is 36.4 Å². The summed E-state index contributed by atoms with van der Waals surface area (Å²) in [5.41, 5.74) is 4.81. The Bertz CT molecular complexity index is 617. The summed E-state index contributed by atoms with van der Waals surface area (Å²) in [4.78, 5) is 0. The molecule has 0 saturated carbocycles. The van der Waals surface area contributed by atoms with Crippen molar-refractivity contribution in [2.45, 2.75) is 40.2 Å². The van der Waals surface area contributed by atoms with Gasteiger partial charge in [-0.1, -0.05) is 43.7 Å². The third-order valence-corrected chi connectivity index (χ3v) is 3.96. The molecule has 2 aromatic carbocycles. The van der Waals surface area contributed by atoms with Gasteiger partial charge in [0.05, 0.1) is 13.7 Å². The summed E-state index contributed by atoms with van der Waals surface area (Å²) in [6, 6.07) is 12.4. The van der Waals surface area contributed by atoms with Crippen molar-refractivity contribution in [3.63, 3.8) is 0 Å². The quantitative estimate of drug-likeness (QED) is 0.687. The number of methoxy groups -OCH3 is 1. The highest BCUT2D eigenvalue weighted by molar-refractivity contribution is 5.58. The van der Waals surface area contributed by atoms with E-state index in [1.807, 2.05) is 12.1 Å². The second kappa shape index (κ2) is 8.47. The molecule has 2 rings (SSSR count). The number of anilines is 1. The summed E-state index contributed by atoms with van der Waals surface area (Å²) in [5.74, 6) is 1.64. The molecule has 2 aromatic rings. The van der Waals surface area contributed by atoms with E-state index in [0.717, 1.165) is 29.9 Å². The molecule has 1 N–H and O–H groups in total. The lowest BCUT2D eigenvalue weighted by molar-refractivity contribution is 0.285. The second-order valence-corrected chi connectivity index (χ2v) is 5.77. The lowest BCUT2D eigenvalue weighted by atomic mass is 10.1. The Morgan fingerprint density at radius 3 is 2.35 bits per heavy atom. The van der Waals surface area contributed by atoms with Gasteiger partial charge in [-0.05, 0) is 37.5 Å². The second-order valence-electron chi connectivity index (χ2n) is 5.77. The Hall–Kier alpha value is -2.16. The Labute approximate surface area is 139 Å². The van der Waals surface area contributed by atoms with E-state index in [1.54, 1.807) is 7.11 Å². The molecule has 0 aliphatic rings. The minimum Gasteiger partial charge on any atom is -0.493 e. The van der Waals surface area contributed by atoms with Crippen molar-refractivity contribution in [2.24, 2.45) is 0 Å². The topological polar surface area (TPSA) is 30.5 Å². The zero-order valence-corrected chi connectivity index (χ0v) is 14.6. The van der Waals surface area contributed by atoms with Crippen molar-refractivity contribution in [3.8, 4) is 11.5 Å². The molecule has 0 aromatic heterocycles. The van der Waals surface area contributed by atoms with Crippen LogP contribution in [-0.4, -0.2) is 13.7 Å². The third kappa shape index (κ3) is 4.41. The largest absolute Gasteiger partial charge is 0.493 e. The number of hydrogen-bond acceptors (Lipinski definition) is 3. The maximum absolute atomic E-state index is 5.98. The van der Waals surface area contributed by atoms with Crippen LogP contribution in [0.4, 0.5) is 5.69 Å². The first-order chi connectivity index (χ1) is 11.2. The van der Waals surface area contributed by atoms with Gasteiger partial charge in [-0.15, -0.1) is 0 Å². The minimum atomic E-state index is 0.713. The fraction of sp³-hybridized carbons (Fsp3) is 0.400. The molecule has 0 fully saturated rings. The van der Waals surface area contributed by atoms with Crippen molar-refractivity contribution in [2.75, 3.05) is 19.0 Å². The summed E-state index contributed by atoms with van der Waals surface area (Å²) in [6.07, 6.45) is 2.16. The fourth-order valence-electron chi connectivity index (χ4n) is 2.62. The predicted molar refractivity (Wildman–Crippen MR) is 96.6 cm³/mol. The molecule has 0 radical (unpaired) electrons. The van der Waals surface area contributed by atoms with Crippen molar-refractivity contribution >= 4 is 5.69 Å². The van der Waals surface area contributed by atoms with E-state index in [1.165, 1.54) is 16.8 Å². The van der Waals surface area contributed by atoms with Gasteiger partial charge < -0.3 is 14.8 Å². The highest BCUT2D eigenvalue weighted by Gasteiger charge is 2.11. The molecule has 0 unspecified atom stereocenters. The van der Waals surface area contributed by atoms with E-state index < -0.39 is 0 Å². The minimum absolute atomic E-state index is 0.713. The average molecular weight is 313 g/mol. The summed E-state index contributed by atoms with van der Waals surface area (Å²) < 4.78 is 11.4. The summed E-state index contributed by atoms with van der Waals surface area (Å²) in [7, 11) is 1.69. The van der Waals surface area contributed by atoms with E-state index >= 15 is 0 Å². The van der Waals surface area contributed by atoms with Crippen molar-refractivity contribution in [1.29, 1.82) is 0 Å². The van der Waals surface area contributed by atoms with E-state index in [0.29, 0.717) is 13.2 Å². The first-order valence-corrected chi connectivity index (χ1v) is 8.26. The van der Waals surface area contributed by atoms with Crippen LogP contribution in [0.25, 0.3) is 0 Å². The highest BCUT2D eigenvalue weighted by Crippen LogP contribution is 2.32. The molecule has 3 nitrogen and oxygen atoms in total. The zero-order chi connectivity index (χ0) is 16.7. The van der Waals surface area contributed by atoms with Gasteiger partial charge >= 0.3 is 0 Å². The molecule has 0 bridgehead atoms. The molecule has 23 heavy (non-hydrogen) atoms. The summed E-state index contributed by atoms with van der Waals surface area (Å²) in [6.45, 7) is 7.84. The molecule has 0 amide bonds. The van der Waals surface area contributed by atoms with Gasteiger partial charge in [0.2, 0.25) is 0 Å². The first-order valence-electron chi connectivity index (χ1n) is 8.26. The SMILES string of the molecule is CCCCOc1c(CNc2c(C)cccc2C)cccc1OC. The van der Waals surface area contributed by atoms with Crippen molar-refractivity contribution in [1.82, 2.24) is 0 Å². The summed E-state index contributed by atoms with van der Waals surface area (Å²) >= 11 is 0. The maximum atomic E-state index is 5.98. The van der Waals surface area contributed by atoms with E-state index in [2.05, 4.69) is 50.4 Å². The molecule has 0 saturated heterocycles. The van der Waals surface area contributed by atoms with E-state index in [9.17, 15) is 0 Å². The lowest BCUT2D eigenvalue weighted by Gasteiger charge is -2.17. The molecular formula is C20H27NO2. The monoisotopic (exact) mass is 313 g/mol. The number of hydrogen-bond donors (Lipinski definition) is 1. The number of benzene rings is 2. The fourth-order valence-corrected chi connectivity index (χ4v) is 2.62. The van der Waals surface area contributed by atoms with Crippen LogP contribution in [0.1, 0.15) is 36.5 Å². The Morgan fingerprint density at radius 2 is 1.70 bits per heavy atom. The van der Waals surface area contributed by atoms with Gasteiger partial charge in [-0.25, -0.2) is 0 Å². The van der Waals surface area contributed by atoms with Crippen LogP contribution in [0.5, 0.6) is 11.5 Å². The summed E-state index contributed by atoms with van der Waals surface area (Å²) in [5, 5.41) is 3.54. The van der Waals surface area contributed by atoms with Crippen LogP contribution in [0.2, 0.25) is 0 Å². The van der Waals surface area contributed by atoms with Gasteiger partial charge in [-0.2, -0.15) is 0 Å². The van der Waals surface area contributed by atoms with Gasteiger partial charge in [0.15, 0.2) is 11.5 Å². The molecule has 3 heteroatoms. The molecule has 0 heterocycles. The van der Waals surface area contributed by atoms with E-state index in [4.69, 9.17) is 9.47 Å². The predicted octanol–water partition coefficient (Wildman–Crippen LogP) is 5.10. The standard InChI is InChI=1S/C20H27NO2/c1-5-6-13-23-20-17(11-8-12-18(20)22-4)14-21-19-15(2)9-7-10-16(19)3/h7-12,21H,5-6,13-14H2,1-4H3. The number of aryl methyl sites for hydroxylation is 2. The number of unbranched alkanes of at least 4 members (excludes halogenated alkanes) is 1. The highest BCUT2D eigenvalue weighted by atomic mass is 16.5. The third-order valence-electron chi connectivity index (χ3n) is 3.96. The molecule has 0 aliphatic carbocycles. The Morgan fingerprint density at radius 1 is 1.00 bits per heavy atom. The Balaban J connectivity index is 2.18. The van der Waals surface area contributed by atoms with Crippen molar-refractivity contribution in [3.05, 3.63) is 53.1 Å². The number of rotatable bonds is 8. The van der Waals surface area contributed by atoms with Gasteiger partial charge in [-0.3, -0.25) is 0 Å². The molecule has 0 aliphatic heterocycles. The number of para-hydroxylation sites is 2. The molecule has 0 atom stereocenters. The van der Waals surface area contributed by atoms with E-state index in [-0.39, 0.29) is 0 Å². The number of nitrogens with one attached hydrogen (secondary N) is 1. The number of ether oxygens (including phenoxy) is 2. The van der Waals surface area contributed by atoms with Crippen LogP contribution in [0, 0.1) is 13.8 Å². The van der Waals surface area contributed by atoms with Crippen molar-refractivity contribution < 1.29 is 9.47 Å². The Kier molecular flexibility index (Phi) is 6.33. The van der Waals surface area contributed by atoms with Crippen LogP contribution in [0.3, 0.4) is 0 Å². The normalized spacial score (nSPS) is 10.4. The molecular weight excluding hydrogens is 286 g/mol. The van der Waals surface area contributed by atoms with Crippen LogP contribution in [-0.2, 0) is 6.54 Å². The smallest absolute Gasteiger partial charge is 0.166 e. The average Bonchev–Trinajstić information content (AvgIpc) is 2.55. The van der Waals surface area contributed by atoms with Crippen LogP contribution >= 0.6 is 0 Å². The first kappa shape index (κ1) is 17.2. The molecule has 0 spiro atoms. The van der Waals surface area contributed by atoms with Crippen LogP contribution < -0.4 is 14.8 Å². The van der Waals surface area contributed by atoms with Gasteiger partial charge in [0.25, 0.3) is 0 Å². The maximum Gasteiger partial charge on any atom is 0.166 e. The lowest BCUT2D eigenvalue weighted by Crippen LogP contribution is -2.07. The molecule has 124 valence electrons. The van der Waals surface area contributed by atoms with Gasteiger partial charge in [0.1, 0.15) is 0 Å². The van der Waals surface area contributed by atoms with Gasteiger partial charge in [0, 0.05) is 17.8 Å².